The number of phenols is 1. The molecule has 0 aromatic heterocycles. The lowest BCUT2D eigenvalue weighted by Gasteiger charge is -2.17. The van der Waals surface area contributed by atoms with Crippen LogP contribution in [0.4, 0.5) is 4.39 Å². The molecule has 3 N–H and O–H groups in total. The van der Waals surface area contributed by atoms with Crippen LogP contribution in [-0.4, -0.2) is 34.5 Å². The molecule has 0 aliphatic rings. The number of hydrogen-bond acceptors (Lipinski definition) is 5. The molecule has 0 saturated carbocycles. The third kappa shape index (κ3) is 3.40. The largest absolute Gasteiger partial charge is 0.508 e. The van der Waals surface area contributed by atoms with Crippen molar-refractivity contribution in [2.24, 2.45) is 0 Å². The summed E-state index contributed by atoms with van der Waals surface area (Å²) >= 11 is 0. The number of methoxy groups -OCH3 is 1. The number of ether oxygens (including phenoxy) is 1. The van der Waals surface area contributed by atoms with Gasteiger partial charge in [0, 0.05) is 5.56 Å². The minimum absolute atomic E-state index is 0.245. The van der Waals surface area contributed by atoms with E-state index in [1.165, 1.54) is 0 Å². The van der Waals surface area contributed by atoms with Gasteiger partial charge in [-0.2, -0.15) is 0 Å². The lowest BCUT2D eigenvalue weighted by molar-refractivity contribution is -0.144. The van der Waals surface area contributed by atoms with E-state index in [0.29, 0.717) is 0 Å². The number of halogens is 1. The summed E-state index contributed by atoms with van der Waals surface area (Å²) in [4.78, 5) is 10.9. The fourth-order valence-electron chi connectivity index (χ4n) is 1.33. The average Bonchev–Trinajstić information content (AvgIpc) is 2.31. The SMILES string of the molecule is COC(=O)CC(O)C(O)c1cc(O)ccc1F. The number of esters is 1. The van der Waals surface area contributed by atoms with Crippen LogP contribution in [0.3, 0.4) is 0 Å². The van der Waals surface area contributed by atoms with E-state index in [-0.39, 0.29) is 11.3 Å². The summed E-state index contributed by atoms with van der Waals surface area (Å²) in [7, 11) is 1.14. The first kappa shape index (κ1) is 13.4. The van der Waals surface area contributed by atoms with E-state index in [0.717, 1.165) is 25.3 Å². The van der Waals surface area contributed by atoms with Gasteiger partial charge < -0.3 is 20.1 Å². The molecule has 0 bridgehead atoms. The Hall–Kier alpha value is -1.66. The van der Waals surface area contributed by atoms with Crippen molar-refractivity contribution in [3.05, 3.63) is 29.6 Å². The van der Waals surface area contributed by atoms with Crippen LogP contribution in [0, 0.1) is 5.82 Å². The molecular formula is C11H13FO5. The Labute approximate surface area is 97.1 Å². The van der Waals surface area contributed by atoms with Crippen molar-refractivity contribution < 1.29 is 29.2 Å². The third-order valence-corrected chi connectivity index (χ3v) is 2.27. The van der Waals surface area contributed by atoms with Gasteiger partial charge in [-0.3, -0.25) is 4.79 Å². The fourth-order valence-corrected chi connectivity index (χ4v) is 1.33. The molecule has 6 heteroatoms. The second-order valence-electron chi connectivity index (χ2n) is 3.50. The second kappa shape index (κ2) is 5.60. The fraction of sp³-hybridized carbons (Fsp3) is 0.364. The summed E-state index contributed by atoms with van der Waals surface area (Å²) in [5.41, 5.74) is -0.276. The third-order valence-electron chi connectivity index (χ3n) is 2.27. The topological polar surface area (TPSA) is 87.0 Å². The van der Waals surface area contributed by atoms with Crippen LogP contribution in [0.1, 0.15) is 18.1 Å². The van der Waals surface area contributed by atoms with Crippen molar-refractivity contribution in [2.45, 2.75) is 18.6 Å². The van der Waals surface area contributed by atoms with E-state index < -0.39 is 30.4 Å². The number of aliphatic hydroxyl groups excluding tert-OH is 2. The van der Waals surface area contributed by atoms with E-state index in [1.54, 1.807) is 0 Å². The number of hydrogen-bond donors (Lipinski definition) is 3. The van der Waals surface area contributed by atoms with Gasteiger partial charge in [-0.25, -0.2) is 4.39 Å². The second-order valence-corrected chi connectivity index (χ2v) is 3.50. The molecular weight excluding hydrogens is 231 g/mol. The first-order valence-electron chi connectivity index (χ1n) is 4.87. The van der Waals surface area contributed by atoms with Crippen LogP contribution in [0.5, 0.6) is 5.75 Å². The quantitative estimate of drug-likeness (QED) is 0.671. The Morgan fingerprint density at radius 2 is 2.12 bits per heavy atom. The van der Waals surface area contributed by atoms with E-state index in [9.17, 15) is 19.4 Å². The van der Waals surface area contributed by atoms with Crippen molar-refractivity contribution in [2.75, 3.05) is 7.11 Å². The van der Waals surface area contributed by atoms with E-state index in [2.05, 4.69) is 4.74 Å². The zero-order valence-corrected chi connectivity index (χ0v) is 9.13. The highest BCUT2D eigenvalue weighted by Crippen LogP contribution is 2.25. The summed E-state index contributed by atoms with van der Waals surface area (Å²) in [6, 6.07) is 3.05. The molecule has 0 fully saturated rings. The lowest BCUT2D eigenvalue weighted by atomic mass is 10.0. The predicted molar refractivity (Wildman–Crippen MR) is 55.7 cm³/mol. The number of rotatable bonds is 4. The van der Waals surface area contributed by atoms with Crippen LogP contribution in [0.25, 0.3) is 0 Å². The maximum atomic E-state index is 13.3. The first-order chi connectivity index (χ1) is 7.95. The molecule has 2 unspecified atom stereocenters. The standard InChI is InChI=1S/C11H13FO5/c1-17-10(15)5-9(14)11(16)7-4-6(13)2-3-8(7)12/h2-4,9,11,13-14,16H,5H2,1H3. The minimum Gasteiger partial charge on any atom is -0.508 e. The summed E-state index contributed by atoms with van der Waals surface area (Å²) in [6.45, 7) is 0. The molecule has 17 heavy (non-hydrogen) atoms. The summed E-state index contributed by atoms with van der Waals surface area (Å²) < 4.78 is 17.6. The van der Waals surface area contributed by atoms with Crippen LogP contribution in [0.15, 0.2) is 18.2 Å². The molecule has 0 heterocycles. The molecule has 1 rings (SSSR count). The van der Waals surface area contributed by atoms with Crippen LogP contribution < -0.4 is 0 Å². The minimum atomic E-state index is -1.61. The molecule has 0 aliphatic carbocycles. The molecule has 0 saturated heterocycles. The smallest absolute Gasteiger partial charge is 0.308 e. The molecule has 1 aromatic rings. The van der Waals surface area contributed by atoms with Gasteiger partial charge in [0.25, 0.3) is 0 Å². The lowest BCUT2D eigenvalue weighted by Crippen LogP contribution is -2.23. The summed E-state index contributed by atoms with van der Waals surface area (Å²) in [6.07, 6.45) is -3.58. The van der Waals surface area contributed by atoms with Crippen molar-refractivity contribution in [1.29, 1.82) is 0 Å². The molecule has 0 radical (unpaired) electrons. The van der Waals surface area contributed by atoms with Crippen LogP contribution in [-0.2, 0) is 9.53 Å². The van der Waals surface area contributed by atoms with E-state index >= 15 is 0 Å². The maximum Gasteiger partial charge on any atom is 0.308 e. The molecule has 0 amide bonds. The maximum absolute atomic E-state index is 13.3. The van der Waals surface area contributed by atoms with Crippen molar-refractivity contribution in [3.8, 4) is 5.75 Å². The average molecular weight is 244 g/mol. The van der Waals surface area contributed by atoms with Gasteiger partial charge in [-0.05, 0) is 18.2 Å². The number of phenolic OH excluding ortho intramolecular Hbond substituents is 1. The Bertz CT molecular complexity index is 407. The van der Waals surface area contributed by atoms with Crippen molar-refractivity contribution in [1.82, 2.24) is 0 Å². The predicted octanol–water partition coefficient (Wildman–Crippen LogP) is 0.489. The van der Waals surface area contributed by atoms with E-state index in [4.69, 9.17) is 5.11 Å². The number of carbonyl (C=O) groups excluding carboxylic acids is 1. The zero-order valence-electron chi connectivity index (χ0n) is 9.13. The number of carbonyl (C=O) groups is 1. The molecule has 0 aliphatic heterocycles. The Morgan fingerprint density at radius 1 is 1.47 bits per heavy atom. The number of aliphatic hydroxyl groups is 2. The van der Waals surface area contributed by atoms with Gasteiger partial charge in [0.1, 0.15) is 17.7 Å². The van der Waals surface area contributed by atoms with Crippen LogP contribution >= 0.6 is 0 Å². The molecule has 1 aromatic carbocycles. The van der Waals surface area contributed by atoms with Crippen molar-refractivity contribution in [3.63, 3.8) is 0 Å². The molecule has 5 nitrogen and oxygen atoms in total. The molecule has 94 valence electrons. The number of aromatic hydroxyl groups is 1. The van der Waals surface area contributed by atoms with Gasteiger partial charge >= 0.3 is 5.97 Å². The highest BCUT2D eigenvalue weighted by Gasteiger charge is 2.24. The zero-order chi connectivity index (χ0) is 13.0. The number of benzene rings is 1. The summed E-state index contributed by atoms with van der Waals surface area (Å²) in [5, 5.41) is 28.3. The van der Waals surface area contributed by atoms with Gasteiger partial charge in [0.05, 0.1) is 19.6 Å². The highest BCUT2D eigenvalue weighted by molar-refractivity contribution is 5.69. The van der Waals surface area contributed by atoms with Gasteiger partial charge in [-0.15, -0.1) is 0 Å². The highest BCUT2D eigenvalue weighted by atomic mass is 19.1. The normalized spacial score (nSPS) is 14.1. The van der Waals surface area contributed by atoms with E-state index in [1.807, 2.05) is 0 Å². The Morgan fingerprint density at radius 3 is 2.71 bits per heavy atom. The Kier molecular flexibility index (Phi) is 4.42. The summed E-state index contributed by atoms with van der Waals surface area (Å²) in [5.74, 6) is -1.75. The van der Waals surface area contributed by atoms with Gasteiger partial charge in [-0.1, -0.05) is 0 Å². The van der Waals surface area contributed by atoms with Gasteiger partial charge in [0.2, 0.25) is 0 Å². The molecule has 2 atom stereocenters. The van der Waals surface area contributed by atoms with Gasteiger partial charge in [0.15, 0.2) is 0 Å². The Balaban J connectivity index is 2.84. The van der Waals surface area contributed by atoms with Crippen LogP contribution in [0.2, 0.25) is 0 Å². The monoisotopic (exact) mass is 244 g/mol. The van der Waals surface area contributed by atoms with Crippen molar-refractivity contribution >= 4 is 5.97 Å². The first-order valence-corrected chi connectivity index (χ1v) is 4.87. The molecule has 0 spiro atoms.